The second-order valence-corrected chi connectivity index (χ2v) is 16.6. The van der Waals surface area contributed by atoms with E-state index in [4.69, 9.17) is 18.9 Å². The van der Waals surface area contributed by atoms with Gasteiger partial charge in [0, 0.05) is 12.8 Å². The first kappa shape index (κ1) is 53.4. The minimum absolute atomic E-state index is 0.134. The fourth-order valence-corrected chi connectivity index (χ4v) is 6.88. The van der Waals surface area contributed by atoms with E-state index >= 15 is 0 Å². The van der Waals surface area contributed by atoms with E-state index < -0.39 is 71.2 Å². The molecule has 0 aliphatic carbocycles. The molecule has 13 heteroatoms. The lowest BCUT2D eigenvalue weighted by molar-refractivity contribution is -0.297. The van der Waals surface area contributed by atoms with E-state index in [1.165, 1.54) is 51.4 Å². The minimum atomic E-state index is -4.61. The highest BCUT2D eigenvalue weighted by molar-refractivity contribution is 7.85. The van der Waals surface area contributed by atoms with Crippen molar-refractivity contribution in [2.75, 3.05) is 19.0 Å². The van der Waals surface area contributed by atoms with Crippen molar-refractivity contribution in [3.8, 4) is 0 Å². The highest BCUT2D eigenvalue weighted by atomic mass is 32.2. The molecule has 0 aromatic rings. The van der Waals surface area contributed by atoms with Crippen molar-refractivity contribution in [1.29, 1.82) is 0 Å². The smallest absolute Gasteiger partial charge is 0.306 e. The van der Waals surface area contributed by atoms with Gasteiger partial charge in [-0.1, -0.05) is 108 Å². The van der Waals surface area contributed by atoms with Crippen molar-refractivity contribution >= 4 is 22.1 Å². The van der Waals surface area contributed by atoms with E-state index in [-0.39, 0.29) is 19.4 Å². The molecule has 4 N–H and O–H groups in total. The topological polar surface area (TPSA) is 186 Å². The molecule has 1 aliphatic heterocycles. The SMILES string of the molecule is CCCCC/C=C/C/C=C/C/C=C/CCCCC(=O)OC[C@H](CO[C@H]1O[C@H](CS(=O)(=O)O)[C@@H](O)C(O)C1O)OC(=O)CCCCCCCC=C=CCCCCCCC. The van der Waals surface area contributed by atoms with Crippen LogP contribution in [0.1, 0.15) is 162 Å². The summed E-state index contributed by atoms with van der Waals surface area (Å²) in [7, 11) is -4.61. The van der Waals surface area contributed by atoms with Crippen LogP contribution < -0.4 is 0 Å². The van der Waals surface area contributed by atoms with Gasteiger partial charge in [-0.3, -0.25) is 14.1 Å². The molecule has 334 valence electrons. The number of aliphatic hydroxyl groups is 3. The van der Waals surface area contributed by atoms with Crippen LogP contribution in [0.2, 0.25) is 0 Å². The van der Waals surface area contributed by atoms with E-state index in [1.807, 2.05) is 0 Å². The zero-order valence-electron chi connectivity index (χ0n) is 35.4. The normalized spacial score (nSPS) is 20.4. The number of allylic oxidation sites excluding steroid dienone is 7. The van der Waals surface area contributed by atoms with Crippen LogP contribution in [-0.4, -0.2) is 96.0 Å². The first-order valence-electron chi connectivity index (χ1n) is 21.9. The van der Waals surface area contributed by atoms with Gasteiger partial charge in [-0.25, -0.2) is 0 Å². The molecule has 6 atom stereocenters. The summed E-state index contributed by atoms with van der Waals surface area (Å²) in [5, 5.41) is 30.8. The van der Waals surface area contributed by atoms with Gasteiger partial charge in [0.05, 0.1) is 6.61 Å². The Kier molecular flexibility index (Phi) is 32.4. The second kappa shape index (κ2) is 35.2. The van der Waals surface area contributed by atoms with Crippen LogP contribution in [0.4, 0.5) is 0 Å². The summed E-state index contributed by atoms with van der Waals surface area (Å²) in [6.45, 7) is 3.65. The molecule has 0 aromatic heterocycles. The lowest BCUT2D eigenvalue weighted by Crippen LogP contribution is -2.60. The predicted molar refractivity (Wildman–Crippen MR) is 227 cm³/mol. The first-order valence-corrected chi connectivity index (χ1v) is 23.5. The molecule has 0 spiro atoms. The van der Waals surface area contributed by atoms with Crippen molar-refractivity contribution in [3.63, 3.8) is 0 Å². The molecule has 0 saturated carbocycles. The Hall–Kier alpha value is -2.61. The van der Waals surface area contributed by atoms with Crippen molar-refractivity contribution in [2.45, 2.75) is 198 Å². The second-order valence-electron chi connectivity index (χ2n) is 15.1. The Balaban J connectivity index is 2.52. The molecule has 0 amide bonds. The molecule has 1 heterocycles. The minimum Gasteiger partial charge on any atom is -0.462 e. The summed E-state index contributed by atoms with van der Waals surface area (Å²) in [4.78, 5) is 25.3. The lowest BCUT2D eigenvalue weighted by atomic mass is 10.00. The molecule has 0 radical (unpaired) electrons. The number of hydrogen-bond acceptors (Lipinski definition) is 11. The Morgan fingerprint density at radius 1 is 0.638 bits per heavy atom. The highest BCUT2D eigenvalue weighted by Crippen LogP contribution is 2.24. The van der Waals surface area contributed by atoms with Gasteiger partial charge in [0.15, 0.2) is 12.4 Å². The van der Waals surface area contributed by atoms with Crippen LogP contribution in [-0.2, 0) is 38.7 Å². The molecule has 1 fully saturated rings. The van der Waals surface area contributed by atoms with Crippen LogP contribution in [0.5, 0.6) is 0 Å². The maximum absolute atomic E-state index is 12.8. The van der Waals surface area contributed by atoms with Crippen LogP contribution in [0.25, 0.3) is 0 Å². The van der Waals surface area contributed by atoms with Crippen LogP contribution in [0.15, 0.2) is 54.3 Å². The predicted octanol–water partition coefficient (Wildman–Crippen LogP) is 8.55. The summed E-state index contributed by atoms with van der Waals surface area (Å²) >= 11 is 0. The zero-order valence-corrected chi connectivity index (χ0v) is 36.2. The van der Waals surface area contributed by atoms with Gasteiger partial charge in [-0.15, -0.1) is 5.73 Å². The molecule has 0 bridgehead atoms. The molecular formula is C45H76O12S. The summed E-state index contributed by atoms with van der Waals surface area (Å²) < 4.78 is 53.9. The number of esters is 2. The average Bonchev–Trinajstić information content (AvgIpc) is 3.18. The number of unbranched alkanes of at least 4 members (excludes halogenated alkanes) is 15. The van der Waals surface area contributed by atoms with E-state index in [1.54, 1.807) is 0 Å². The van der Waals surface area contributed by atoms with E-state index in [0.29, 0.717) is 12.8 Å². The van der Waals surface area contributed by atoms with Gasteiger partial charge in [0.25, 0.3) is 10.1 Å². The van der Waals surface area contributed by atoms with Crippen molar-refractivity contribution < 1.29 is 56.8 Å². The number of carbonyl (C=O) groups is 2. The van der Waals surface area contributed by atoms with Gasteiger partial charge < -0.3 is 34.3 Å². The monoisotopic (exact) mass is 841 g/mol. The van der Waals surface area contributed by atoms with Gasteiger partial charge in [-0.05, 0) is 89.2 Å². The summed E-state index contributed by atoms with van der Waals surface area (Å²) in [5.41, 5.74) is 3.27. The van der Waals surface area contributed by atoms with E-state index in [0.717, 1.165) is 70.6 Å². The lowest BCUT2D eigenvalue weighted by Gasteiger charge is -2.40. The Bertz CT molecular complexity index is 1320. The van der Waals surface area contributed by atoms with E-state index in [2.05, 4.69) is 68.2 Å². The molecule has 0 aromatic carbocycles. The van der Waals surface area contributed by atoms with Crippen LogP contribution in [0.3, 0.4) is 0 Å². The summed E-state index contributed by atoms with van der Waals surface area (Å²) in [5.74, 6) is -2.06. The zero-order chi connectivity index (χ0) is 42.7. The van der Waals surface area contributed by atoms with Crippen molar-refractivity contribution in [3.05, 3.63) is 54.3 Å². The first-order chi connectivity index (χ1) is 28.0. The van der Waals surface area contributed by atoms with Gasteiger partial charge in [0.1, 0.15) is 36.8 Å². The molecule has 2 unspecified atom stereocenters. The number of aliphatic hydroxyl groups excluding tert-OH is 3. The largest absolute Gasteiger partial charge is 0.462 e. The maximum Gasteiger partial charge on any atom is 0.306 e. The van der Waals surface area contributed by atoms with Gasteiger partial charge in [-0.2, -0.15) is 8.42 Å². The van der Waals surface area contributed by atoms with Crippen molar-refractivity contribution in [1.82, 2.24) is 0 Å². The molecule has 58 heavy (non-hydrogen) atoms. The summed E-state index contributed by atoms with van der Waals surface area (Å²) in [6, 6.07) is 0. The Morgan fingerprint density at radius 3 is 1.76 bits per heavy atom. The number of rotatable bonds is 35. The third kappa shape index (κ3) is 29.6. The van der Waals surface area contributed by atoms with Crippen LogP contribution >= 0.6 is 0 Å². The molecule has 1 aliphatic rings. The third-order valence-electron chi connectivity index (χ3n) is 9.66. The molecule has 1 saturated heterocycles. The Morgan fingerprint density at radius 2 is 1.14 bits per heavy atom. The molecular weight excluding hydrogens is 765 g/mol. The fraction of sp³-hybridized carbons (Fsp3) is 0.756. The third-order valence-corrected chi connectivity index (χ3v) is 10.4. The van der Waals surface area contributed by atoms with Gasteiger partial charge in [0.2, 0.25) is 0 Å². The summed E-state index contributed by atoms with van der Waals surface area (Å²) in [6.07, 6.45) is 29.4. The van der Waals surface area contributed by atoms with E-state index in [9.17, 15) is 37.9 Å². The van der Waals surface area contributed by atoms with Gasteiger partial charge >= 0.3 is 11.9 Å². The van der Waals surface area contributed by atoms with Crippen LogP contribution in [0, 0.1) is 0 Å². The average molecular weight is 841 g/mol. The quantitative estimate of drug-likeness (QED) is 0.0157. The number of ether oxygens (including phenoxy) is 4. The molecule has 12 nitrogen and oxygen atoms in total. The fourth-order valence-electron chi connectivity index (χ4n) is 6.19. The maximum atomic E-state index is 12.8. The highest BCUT2D eigenvalue weighted by Gasteiger charge is 2.46. The Labute approximate surface area is 349 Å². The standard InChI is InChI=1S/C45H76O12S/c1-3-5-7-9-11-13-15-17-19-21-23-25-27-29-31-33-40(46)54-35-38(36-55-45-44(50)43(49)42(48)39(57-45)37-58(51,52)53)56-41(47)34-32-30-28-26-24-22-20-18-16-14-12-10-8-6-4-2/h11,13,16-17,19-20,23,25,38-39,42-45,48-50H,3-10,12,14-15,21-22,24,26-37H2,1-2H3,(H,51,52,53)/b13-11+,19-17+,25-23+/t18?,38-,39-,42-,43?,44?,45+/m1/s1. The number of hydrogen-bond donors (Lipinski definition) is 4. The molecule has 1 rings (SSSR count). The van der Waals surface area contributed by atoms with Crippen molar-refractivity contribution in [2.24, 2.45) is 0 Å². The number of carbonyl (C=O) groups excluding carboxylic acids is 2.